The van der Waals surface area contributed by atoms with Crippen molar-refractivity contribution in [1.82, 2.24) is 13.8 Å². The molecule has 3 amide bonds. The number of halogens is 4. The maximum atomic E-state index is 14.5. The van der Waals surface area contributed by atoms with Crippen LogP contribution in [0.1, 0.15) is 44.6 Å². The maximum absolute atomic E-state index is 14.5. The van der Waals surface area contributed by atoms with Crippen molar-refractivity contribution < 1.29 is 28.2 Å². The number of rotatable bonds is 13. The minimum atomic E-state index is -1.01. The van der Waals surface area contributed by atoms with Crippen molar-refractivity contribution in [3.63, 3.8) is 0 Å². The molecule has 5 rings (SSSR count). The standard InChI is InChI=1S/C18H17FN4O2S.C15H22ClNO2.C8H11Cl2NO/c1-4-5-22-13-7-12(11(19)6-14(13)25-9-16(22)24)20-17-23-10-18(2,3)8-15(23)21-26-17;1-5-13-8-6-7-11(2)15(13)17(14(18)9-16)12(3)10-19-4;1-3-5-11(6-4-2)8(12)7(9)10/h1,6-7H,5,8-10H2,2-3H3;6-8,12H,5,9-10H2,1-4H3;3-4,7H,1-2,5-6H2. The van der Waals surface area contributed by atoms with Gasteiger partial charge < -0.3 is 23.8 Å². The van der Waals surface area contributed by atoms with Gasteiger partial charge in [0.15, 0.2) is 17.3 Å². The highest BCUT2D eigenvalue weighted by Crippen LogP contribution is 2.37. The van der Waals surface area contributed by atoms with Gasteiger partial charge in [-0.05, 0) is 42.9 Å². The number of anilines is 2. The van der Waals surface area contributed by atoms with Gasteiger partial charge in [-0.2, -0.15) is 4.37 Å². The Morgan fingerprint density at radius 2 is 1.93 bits per heavy atom. The van der Waals surface area contributed by atoms with Crippen LogP contribution in [0.5, 0.6) is 5.75 Å². The Morgan fingerprint density at radius 1 is 1.25 bits per heavy atom. The number of terminal acetylenes is 1. The second-order valence-electron chi connectivity index (χ2n) is 13.9. The fraction of sp³-hybridized carbons (Fsp3) is 0.439. The molecule has 0 saturated carbocycles. The van der Waals surface area contributed by atoms with Crippen LogP contribution in [-0.2, 0) is 38.5 Å². The van der Waals surface area contributed by atoms with Crippen LogP contribution >= 0.6 is 46.3 Å². The Hall–Kier alpha value is -4.19. The van der Waals surface area contributed by atoms with Crippen LogP contribution < -0.4 is 19.3 Å². The first-order chi connectivity index (χ1) is 27.1. The summed E-state index contributed by atoms with van der Waals surface area (Å²) >= 11 is 17.8. The third kappa shape index (κ3) is 12.4. The number of ether oxygens (including phenoxy) is 2. The molecule has 3 heterocycles. The van der Waals surface area contributed by atoms with E-state index in [1.54, 1.807) is 24.2 Å². The van der Waals surface area contributed by atoms with E-state index in [2.05, 4.69) is 55.3 Å². The highest BCUT2D eigenvalue weighted by atomic mass is 35.5. The summed E-state index contributed by atoms with van der Waals surface area (Å²) in [7, 11) is 1.64. The number of alkyl halides is 3. The van der Waals surface area contributed by atoms with E-state index in [9.17, 15) is 18.8 Å². The van der Waals surface area contributed by atoms with Crippen LogP contribution in [0.2, 0.25) is 0 Å². The van der Waals surface area contributed by atoms with E-state index in [1.807, 2.05) is 30.5 Å². The Morgan fingerprint density at radius 3 is 2.51 bits per heavy atom. The molecule has 16 heteroatoms. The molecule has 3 aromatic rings. The summed E-state index contributed by atoms with van der Waals surface area (Å²) in [6.45, 7) is 19.5. The molecule has 2 aromatic carbocycles. The van der Waals surface area contributed by atoms with E-state index in [1.165, 1.54) is 33.5 Å². The second-order valence-corrected chi connectivity index (χ2v) is 16.0. The van der Waals surface area contributed by atoms with Crippen LogP contribution in [0.4, 0.5) is 21.5 Å². The van der Waals surface area contributed by atoms with Crippen LogP contribution in [0.3, 0.4) is 0 Å². The molecule has 1 atom stereocenters. The average molecular weight is 864 g/mol. The zero-order valence-electron chi connectivity index (χ0n) is 33.2. The summed E-state index contributed by atoms with van der Waals surface area (Å²) in [5.74, 6) is 2.49. The summed E-state index contributed by atoms with van der Waals surface area (Å²) in [4.78, 5) is 44.2. The predicted octanol–water partition coefficient (Wildman–Crippen LogP) is 7.41. The lowest BCUT2D eigenvalue weighted by Gasteiger charge is -2.31. The number of benzene rings is 2. The monoisotopic (exact) mass is 862 g/mol. The molecular weight excluding hydrogens is 814 g/mol. The lowest BCUT2D eigenvalue weighted by molar-refractivity contribution is -0.128. The van der Waals surface area contributed by atoms with Crippen LogP contribution in [0.15, 0.2) is 60.6 Å². The van der Waals surface area contributed by atoms with Crippen molar-refractivity contribution in [3.05, 3.63) is 83.2 Å². The van der Waals surface area contributed by atoms with E-state index < -0.39 is 10.7 Å². The van der Waals surface area contributed by atoms with E-state index in [-0.39, 0.29) is 53.9 Å². The molecule has 1 aromatic heterocycles. The SMILES string of the molecule is C#CCN1C(=O)COc2cc(F)c(N=c3snc4n3CC(C)(C)C4)cc21.C=CCN(CC=C)C(=O)C(Cl)Cl.CCc1cccc(C)c1N(C(=O)CCl)C(C)COC. The first-order valence-electron chi connectivity index (χ1n) is 18.1. The van der Waals surface area contributed by atoms with Crippen LogP contribution in [-0.4, -0.2) is 88.3 Å². The van der Waals surface area contributed by atoms with Crippen molar-refractivity contribution in [2.75, 3.05) is 55.6 Å². The minimum absolute atomic E-state index is 0.0223. The van der Waals surface area contributed by atoms with Gasteiger partial charge in [0.2, 0.25) is 10.7 Å². The third-order valence-electron chi connectivity index (χ3n) is 8.81. The van der Waals surface area contributed by atoms with Crippen LogP contribution in [0, 0.1) is 30.5 Å². The number of methoxy groups -OCH3 is 1. The number of aryl methyl sites for hydroxylation is 2. The van der Waals surface area contributed by atoms with Gasteiger partial charge in [-0.3, -0.25) is 19.3 Å². The summed E-state index contributed by atoms with van der Waals surface area (Å²) in [5, 5.41) is 0. The van der Waals surface area contributed by atoms with E-state index in [0.29, 0.717) is 35.9 Å². The number of hydrogen-bond acceptors (Lipinski definition) is 8. The number of amides is 3. The van der Waals surface area contributed by atoms with Gasteiger partial charge >= 0.3 is 0 Å². The Bertz CT molecular complexity index is 2020. The summed E-state index contributed by atoms with van der Waals surface area (Å²) in [6.07, 6.45) is 10.3. The number of nitrogens with zero attached hydrogens (tertiary/aromatic N) is 6. The molecule has 2 aliphatic rings. The van der Waals surface area contributed by atoms with E-state index in [4.69, 9.17) is 50.7 Å². The second kappa shape index (κ2) is 22.1. The zero-order valence-corrected chi connectivity index (χ0v) is 36.3. The minimum Gasteiger partial charge on any atom is -0.481 e. The summed E-state index contributed by atoms with van der Waals surface area (Å²) < 4.78 is 31.5. The molecule has 1 unspecified atom stereocenters. The fourth-order valence-electron chi connectivity index (χ4n) is 6.27. The molecule has 0 radical (unpaired) electrons. The highest BCUT2D eigenvalue weighted by Gasteiger charge is 2.31. The molecule has 0 N–H and O–H groups in total. The summed E-state index contributed by atoms with van der Waals surface area (Å²) in [6, 6.07) is 8.80. The number of aromatic nitrogens is 2. The lowest BCUT2D eigenvalue weighted by atomic mass is 9.92. The van der Waals surface area contributed by atoms with Gasteiger partial charge in [0, 0.05) is 50.8 Å². The summed E-state index contributed by atoms with van der Waals surface area (Å²) in [5.41, 5.74) is 3.89. The Kier molecular flexibility index (Phi) is 18.3. The van der Waals surface area contributed by atoms with Crippen molar-refractivity contribution >= 4 is 81.1 Å². The fourth-order valence-corrected chi connectivity index (χ4v) is 7.43. The first-order valence-corrected chi connectivity index (χ1v) is 20.3. The van der Waals surface area contributed by atoms with Gasteiger partial charge in [0.1, 0.15) is 23.1 Å². The topological polar surface area (TPSA) is 110 Å². The normalized spacial score (nSPS) is 14.5. The van der Waals surface area contributed by atoms with E-state index in [0.717, 1.165) is 42.0 Å². The largest absolute Gasteiger partial charge is 0.481 e. The van der Waals surface area contributed by atoms with Gasteiger partial charge in [-0.15, -0.1) is 31.2 Å². The van der Waals surface area contributed by atoms with Gasteiger partial charge in [-0.1, -0.05) is 80.2 Å². The Balaban J connectivity index is 0.000000248. The molecular formula is C41H50Cl3FN6O5S. The van der Waals surface area contributed by atoms with Gasteiger partial charge in [0.25, 0.3) is 11.8 Å². The van der Waals surface area contributed by atoms with Crippen LogP contribution in [0.25, 0.3) is 0 Å². The Labute approximate surface area is 353 Å². The molecule has 57 heavy (non-hydrogen) atoms. The quantitative estimate of drug-likeness (QED) is 0.101. The highest BCUT2D eigenvalue weighted by molar-refractivity contribution is 7.02. The molecule has 0 fully saturated rings. The van der Waals surface area contributed by atoms with Crippen molar-refractivity contribution in [2.24, 2.45) is 10.4 Å². The number of fused-ring (bicyclic) bond motifs is 2. The van der Waals surface area contributed by atoms with Crippen molar-refractivity contribution in [1.29, 1.82) is 0 Å². The molecule has 11 nitrogen and oxygen atoms in total. The third-order valence-corrected chi connectivity index (χ3v) is 10.2. The molecule has 0 saturated heterocycles. The molecule has 0 aliphatic carbocycles. The lowest BCUT2D eigenvalue weighted by Crippen LogP contribution is -2.43. The maximum Gasteiger partial charge on any atom is 0.265 e. The molecule has 0 bridgehead atoms. The number of para-hydroxylation sites is 1. The number of carbonyl (C=O) groups excluding carboxylic acids is 3. The number of carbonyl (C=O) groups is 3. The molecule has 308 valence electrons. The van der Waals surface area contributed by atoms with Gasteiger partial charge in [0.05, 0.1) is 30.6 Å². The zero-order chi connectivity index (χ0) is 42.4. The average Bonchev–Trinajstić information content (AvgIpc) is 3.68. The molecule has 0 spiro atoms. The van der Waals surface area contributed by atoms with Gasteiger partial charge in [-0.25, -0.2) is 9.38 Å². The smallest absolute Gasteiger partial charge is 0.265 e. The first kappa shape index (κ1) is 47.2. The van der Waals surface area contributed by atoms with Crippen molar-refractivity contribution in [2.45, 2.75) is 64.9 Å². The van der Waals surface area contributed by atoms with Crippen molar-refractivity contribution in [3.8, 4) is 18.1 Å². The number of hydrogen-bond donors (Lipinski definition) is 0. The molecule has 2 aliphatic heterocycles. The van der Waals surface area contributed by atoms with E-state index >= 15 is 0 Å². The predicted molar refractivity (Wildman–Crippen MR) is 228 cm³/mol.